The molecule has 1 aromatic rings. The minimum absolute atomic E-state index is 0.170. The van der Waals surface area contributed by atoms with Crippen molar-refractivity contribution in [1.82, 2.24) is 5.32 Å². The van der Waals surface area contributed by atoms with E-state index in [1.165, 1.54) is 11.6 Å². The largest absolute Gasteiger partial charge is 0.313 e. The summed E-state index contributed by atoms with van der Waals surface area (Å²) in [6, 6.07) is 4.95. The maximum absolute atomic E-state index is 13.3. The molecule has 100 valence electrons. The first kappa shape index (κ1) is 14.9. The molecule has 0 saturated heterocycles. The Hall–Kier alpha value is -1.15. The van der Waals surface area contributed by atoms with E-state index in [0.29, 0.717) is 5.92 Å². The van der Waals surface area contributed by atoms with E-state index in [9.17, 15) is 4.39 Å². The fourth-order valence-electron chi connectivity index (χ4n) is 1.80. The van der Waals surface area contributed by atoms with E-state index in [2.05, 4.69) is 32.2 Å². The Morgan fingerprint density at radius 3 is 2.72 bits per heavy atom. The van der Waals surface area contributed by atoms with Crippen molar-refractivity contribution in [2.45, 2.75) is 34.1 Å². The maximum atomic E-state index is 13.3. The summed E-state index contributed by atoms with van der Waals surface area (Å²) in [6.45, 7) is 10.4. The zero-order valence-corrected chi connectivity index (χ0v) is 11.9. The summed E-state index contributed by atoms with van der Waals surface area (Å²) in [5, 5.41) is 3.41. The van der Waals surface area contributed by atoms with Crippen LogP contribution in [0.25, 0.3) is 6.08 Å². The number of hydrogen-bond acceptors (Lipinski definition) is 1. The molecule has 0 aliphatic heterocycles. The molecule has 0 spiro atoms. The van der Waals surface area contributed by atoms with Gasteiger partial charge in [0.05, 0.1) is 0 Å². The summed E-state index contributed by atoms with van der Waals surface area (Å²) in [5.74, 6) is 0.300. The molecule has 1 aromatic carbocycles. The van der Waals surface area contributed by atoms with Gasteiger partial charge in [-0.15, -0.1) is 0 Å². The topological polar surface area (TPSA) is 12.0 Å². The van der Waals surface area contributed by atoms with Crippen LogP contribution in [0.15, 0.2) is 23.8 Å². The molecule has 0 unspecified atom stereocenters. The van der Waals surface area contributed by atoms with Crippen molar-refractivity contribution in [2.75, 3.05) is 13.1 Å². The van der Waals surface area contributed by atoms with Crippen LogP contribution in [-0.2, 0) is 0 Å². The molecule has 0 heterocycles. The molecule has 0 amide bonds. The van der Waals surface area contributed by atoms with Gasteiger partial charge in [0.1, 0.15) is 5.82 Å². The molecule has 0 aliphatic carbocycles. The Morgan fingerprint density at radius 2 is 2.11 bits per heavy atom. The van der Waals surface area contributed by atoms with Crippen LogP contribution >= 0.6 is 0 Å². The highest BCUT2D eigenvalue weighted by Gasteiger charge is 2.05. The predicted octanol–water partition coefficient (Wildman–Crippen LogP) is 4.17. The van der Waals surface area contributed by atoms with Crippen LogP contribution in [0, 0.1) is 18.7 Å². The van der Waals surface area contributed by atoms with Gasteiger partial charge in [-0.3, -0.25) is 0 Å². The van der Waals surface area contributed by atoms with Gasteiger partial charge in [-0.2, -0.15) is 0 Å². The first-order valence-electron chi connectivity index (χ1n) is 6.72. The standard InChI is InChI=1S/C16H24FN/c1-5-8-18-11-15(12(2)3)9-14-10-16(17)7-6-13(14)4/h6-7,9-10,12,18H,5,8,11H2,1-4H3/b15-9-. The summed E-state index contributed by atoms with van der Waals surface area (Å²) >= 11 is 0. The molecule has 0 radical (unpaired) electrons. The first-order valence-corrected chi connectivity index (χ1v) is 6.72. The molecule has 1 rings (SSSR count). The number of aryl methyl sites for hydroxylation is 1. The van der Waals surface area contributed by atoms with Crippen LogP contribution in [0.4, 0.5) is 4.39 Å². The molecule has 1 nitrogen and oxygen atoms in total. The molecular weight excluding hydrogens is 225 g/mol. The number of nitrogens with one attached hydrogen (secondary N) is 1. The Bertz CT molecular complexity index is 408. The number of rotatable bonds is 6. The zero-order chi connectivity index (χ0) is 13.5. The summed E-state index contributed by atoms with van der Waals surface area (Å²) < 4.78 is 13.3. The van der Waals surface area contributed by atoms with E-state index < -0.39 is 0 Å². The van der Waals surface area contributed by atoms with Gasteiger partial charge in [0.25, 0.3) is 0 Å². The van der Waals surface area contributed by atoms with E-state index >= 15 is 0 Å². The fourth-order valence-corrected chi connectivity index (χ4v) is 1.80. The minimum Gasteiger partial charge on any atom is -0.313 e. The summed E-state index contributed by atoms with van der Waals surface area (Å²) in [6.07, 6.45) is 3.25. The monoisotopic (exact) mass is 249 g/mol. The molecule has 1 N–H and O–H groups in total. The Balaban J connectivity index is 2.89. The lowest BCUT2D eigenvalue weighted by molar-refractivity contribution is 0.626. The van der Waals surface area contributed by atoms with E-state index in [1.807, 2.05) is 13.0 Å². The molecule has 0 bridgehead atoms. The molecule has 0 aromatic heterocycles. The highest BCUT2D eigenvalue weighted by molar-refractivity contribution is 5.57. The third kappa shape index (κ3) is 4.61. The lowest BCUT2D eigenvalue weighted by Gasteiger charge is -2.13. The molecular formula is C16H24FN. The molecule has 0 saturated carbocycles. The van der Waals surface area contributed by atoms with E-state index in [-0.39, 0.29) is 5.82 Å². The lowest BCUT2D eigenvalue weighted by Crippen LogP contribution is -2.20. The third-order valence-electron chi connectivity index (χ3n) is 3.08. The predicted molar refractivity (Wildman–Crippen MR) is 77.1 cm³/mol. The van der Waals surface area contributed by atoms with Crippen LogP contribution in [0.2, 0.25) is 0 Å². The van der Waals surface area contributed by atoms with Crippen molar-refractivity contribution in [1.29, 1.82) is 0 Å². The second-order valence-electron chi connectivity index (χ2n) is 5.05. The van der Waals surface area contributed by atoms with Gasteiger partial charge in [-0.1, -0.05) is 38.5 Å². The van der Waals surface area contributed by atoms with Gasteiger partial charge in [0.15, 0.2) is 0 Å². The highest BCUT2D eigenvalue weighted by Crippen LogP contribution is 2.18. The normalized spacial score (nSPS) is 12.2. The van der Waals surface area contributed by atoms with E-state index in [1.54, 1.807) is 6.07 Å². The maximum Gasteiger partial charge on any atom is 0.123 e. The molecule has 18 heavy (non-hydrogen) atoms. The molecule has 0 atom stereocenters. The molecule has 0 fully saturated rings. The highest BCUT2D eigenvalue weighted by atomic mass is 19.1. The van der Waals surface area contributed by atoms with Crippen LogP contribution < -0.4 is 5.32 Å². The second kappa shape index (κ2) is 7.32. The number of halogens is 1. The lowest BCUT2D eigenvalue weighted by atomic mass is 9.98. The number of benzene rings is 1. The van der Waals surface area contributed by atoms with Crippen molar-refractivity contribution in [3.05, 3.63) is 40.7 Å². The zero-order valence-electron chi connectivity index (χ0n) is 11.9. The van der Waals surface area contributed by atoms with Gasteiger partial charge in [-0.05, 0) is 49.1 Å². The van der Waals surface area contributed by atoms with E-state index in [0.717, 1.165) is 30.6 Å². The van der Waals surface area contributed by atoms with Crippen LogP contribution in [0.1, 0.15) is 38.3 Å². The second-order valence-corrected chi connectivity index (χ2v) is 5.05. The molecule has 0 aliphatic rings. The smallest absolute Gasteiger partial charge is 0.123 e. The average molecular weight is 249 g/mol. The van der Waals surface area contributed by atoms with Gasteiger partial charge in [-0.25, -0.2) is 4.39 Å². The summed E-state index contributed by atoms with van der Waals surface area (Å²) in [5.41, 5.74) is 3.42. The van der Waals surface area contributed by atoms with Gasteiger partial charge in [0, 0.05) is 6.54 Å². The Labute approximate surface area is 110 Å². The SMILES string of the molecule is CCCNC/C(=C/c1cc(F)ccc1C)C(C)C. The van der Waals surface area contributed by atoms with Crippen LogP contribution in [0.3, 0.4) is 0 Å². The third-order valence-corrected chi connectivity index (χ3v) is 3.08. The Kier molecular flexibility index (Phi) is 6.06. The Morgan fingerprint density at radius 1 is 1.39 bits per heavy atom. The fraction of sp³-hybridized carbons (Fsp3) is 0.500. The average Bonchev–Trinajstić information content (AvgIpc) is 2.32. The van der Waals surface area contributed by atoms with Crippen molar-refractivity contribution in [2.24, 2.45) is 5.92 Å². The van der Waals surface area contributed by atoms with Gasteiger partial charge in [0.2, 0.25) is 0 Å². The minimum atomic E-state index is -0.170. The van der Waals surface area contributed by atoms with Gasteiger partial charge < -0.3 is 5.32 Å². The van der Waals surface area contributed by atoms with Crippen molar-refractivity contribution in [3.63, 3.8) is 0 Å². The quantitative estimate of drug-likeness (QED) is 0.746. The van der Waals surface area contributed by atoms with E-state index in [4.69, 9.17) is 0 Å². The summed E-state index contributed by atoms with van der Waals surface area (Å²) in [7, 11) is 0. The van der Waals surface area contributed by atoms with Crippen molar-refractivity contribution < 1.29 is 4.39 Å². The first-order chi connectivity index (χ1) is 8.54. The van der Waals surface area contributed by atoms with Crippen molar-refractivity contribution in [3.8, 4) is 0 Å². The van der Waals surface area contributed by atoms with Gasteiger partial charge >= 0.3 is 0 Å². The number of hydrogen-bond donors (Lipinski definition) is 1. The summed E-state index contributed by atoms with van der Waals surface area (Å²) in [4.78, 5) is 0. The molecule has 2 heteroatoms. The van der Waals surface area contributed by atoms with Crippen LogP contribution in [-0.4, -0.2) is 13.1 Å². The van der Waals surface area contributed by atoms with Crippen LogP contribution in [0.5, 0.6) is 0 Å². The van der Waals surface area contributed by atoms with Crippen molar-refractivity contribution >= 4 is 6.08 Å².